The van der Waals surface area contributed by atoms with Gasteiger partial charge in [0.2, 0.25) is 0 Å². The maximum absolute atomic E-state index is 12.8. The Morgan fingerprint density at radius 3 is 2.95 bits per heavy atom. The fourth-order valence-electron chi connectivity index (χ4n) is 2.74. The molecular weight excluding hydrogens is 285 g/mol. The summed E-state index contributed by atoms with van der Waals surface area (Å²) >= 11 is 0. The molecule has 2 N–H and O–H groups in total. The first-order chi connectivity index (χ1) is 10.7. The minimum atomic E-state index is -0.250. The predicted molar refractivity (Wildman–Crippen MR) is 78.6 cm³/mol. The molecule has 1 fully saturated rings. The van der Waals surface area contributed by atoms with Crippen LogP contribution in [0.5, 0.6) is 0 Å². The number of urea groups is 1. The Bertz CT molecular complexity index is 613. The minimum Gasteiger partial charge on any atom is -0.338 e. The highest BCUT2D eigenvalue weighted by atomic mass is 19.1. The van der Waals surface area contributed by atoms with Crippen molar-refractivity contribution in [3.8, 4) is 0 Å². The number of halogens is 1. The van der Waals surface area contributed by atoms with E-state index in [1.54, 1.807) is 17.0 Å². The van der Waals surface area contributed by atoms with Gasteiger partial charge in [0.15, 0.2) is 0 Å². The highest BCUT2D eigenvalue weighted by Crippen LogP contribution is 2.29. The van der Waals surface area contributed by atoms with Gasteiger partial charge in [-0.25, -0.2) is 14.2 Å². The maximum atomic E-state index is 12.8. The second-order valence-corrected chi connectivity index (χ2v) is 5.33. The number of rotatable bonds is 4. The van der Waals surface area contributed by atoms with Gasteiger partial charge in [0.1, 0.15) is 18.0 Å². The number of aromatic amines is 1. The van der Waals surface area contributed by atoms with Crippen LogP contribution in [0.25, 0.3) is 0 Å². The summed E-state index contributed by atoms with van der Waals surface area (Å²) in [5.41, 5.74) is 0.995. The van der Waals surface area contributed by atoms with Crippen molar-refractivity contribution in [1.82, 2.24) is 25.4 Å². The molecule has 6 nitrogen and oxygen atoms in total. The SMILES string of the molecule is O=C(NCCc1ccc(F)cc1)N1CCC[C@@H]1c1ncn[nH]1. The van der Waals surface area contributed by atoms with E-state index in [-0.39, 0.29) is 17.9 Å². The van der Waals surface area contributed by atoms with Gasteiger partial charge in [-0.3, -0.25) is 5.10 Å². The van der Waals surface area contributed by atoms with Crippen molar-refractivity contribution in [2.75, 3.05) is 13.1 Å². The van der Waals surface area contributed by atoms with Gasteiger partial charge in [-0.2, -0.15) is 5.10 Å². The van der Waals surface area contributed by atoms with Crippen molar-refractivity contribution >= 4 is 6.03 Å². The van der Waals surface area contributed by atoms with Gasteiger partial charge in [0.25, 0.3) is 0 Å². The number of nitrogens with one attached hydrogen (secondary N) is 2. The van der Waals surface area contributed by atoms with Gasteiger partial charge in [0, 0.05) is 13.1 Å². The largest absolute Gasteiger partial charge is 0.338 e. The molecule has 0 aliphatic carbocycles. The van der Waals surface area contributed by atoms with E-state index in [1.165, 1.54) is 18.5 Å². The Morgan fingerprint density at radius 2 is 2.23 bits per heavy atom. The Morgan fingerprint density at radius 1 is 1.41 bits per heavy atom. The fourth-order valence-corrected chi connectivity index (χ4v) is 2.74. The lowest BCUT2D eigenvalue weighted by Gasteiger charge is -2.23. The third kappa shape index (κ3) is 3.24. The average Bonchev–Trinajstić information content (AvgIpc) is 3.19. The molecule has 0 unspecified atom stereocenters. The molecule has 116 valence electrons. The molecule has 1 aliphatic heterocycles. The van der Waals surface area contributed by atoms with Gasteiger partial charge < -0.3 is 10.2 Å². The monoisotopic (exact) mass is 303 g/mol. The van der Waals surface area contributed by atoms with E-state index < -0.39 is 0 Å². The molecule has 1 saturated heterocycles. The van der Waals surface area contributed by atoms with Gasteiger partial charge in [0.05, 0.1) is 6.04 Å². The third-order valence-electron chi connectivity index (χ3n) is 3.87. The van der Waals surface area contributed by atoms with Crippen LogP contribution in [-0.4, -0.2) is 39.2 Å². The zero-order valence-electron chi connectivity index (χ0n) is 12.1. The van der Waals surface area contributed by atoms with Gasteiger partial charge in [-0.15, -0.1) is 0 Å². The van der Waals surface area contributed by atoms with Crippen LogP contribution in [0.2, 0.25) is 0 Å². The van der Waals surface area contributed by atoms with Crippen LogP contribution in [0.15, 0.2) is 30.6 Å². The first-order valence-electron chi connectivity index (χ1n) is 7.38. The second-order valence-electron chi connectivity index (χ2n) is 5.33. The molecule has 2 aromatic rings. The minimum absolute atomic E-state index is 0.0340. The Labute approximate surface area is 127 Å². The van der Waals surface area contributed by atoms with E-state index in [2.05, 4.69) is 20.5 Å². The van der Waals surface area contributed by atoms with Crippen molar-refractivity contribution in [3.05, 3.63) is 47.8 Å². The van der Waals surface area contributed by atoms with E-state index in [0.717, 1.165) is 24.2 Å². The smallest absolute Gasteiger partial charge is 0.318 e. The zero-order valence-corrected chi connectivity index (χ0v) is 12.1. The lowest BCUT2D eigenvalue weighted by Crippen LogP contribution is -2.40. The van der Waals surface area contributed by atoms with Gasteiger partial charge in [-0.05, 0) is 37.0 Å². The van der Waals surface area contributed by atoms with E-state index in [9.17, 15) is 9.18 Å². The van der Waals surface area contributed by atoms with E-state index in [4.69, 9.17) is 0 Å². The lowest BCUT2D eigenvalue weighted by molar-refractivity contribution is 0.191. The van der Waals surface area contributed by atoms with Crippen molar-refractivity contribution in [3.63, 3.8) is 0 Å². The number of hydrogen-bond acceptors (Lipinski definition) is 3. The van der Waals surface area contributed by atoms with Crippen LogP contribution in [0.4, 0.5) is 9.18 Å². The van der Waals surface area contributed by atoms with Crippen molar-refractivity contribution < 1.29 is 9.18 Å². The summed E-state index contributed by atoms with van der Waals surface area (Å²) in [5, 5.41) is 9.59. The molecule has 2 amide bonds. The van der Waals surface area contributed by atoms with Crippen LogP contribution in [0, 0.1) is 5.82 Å². The Balaban J connectivity index is 1.52. The van der Waals surface area contributed by atoms with Crippen molar-refractivity contribution in [2.45, 2.75) is 25.3 Å². The molecule has 1 aromatic heterocycles. The van der Waals surface area contributed by atoms with Crippen molar-refractivity contribution in [2.24, 2.45) is 0 Å². The van der Waals surface area contributed by atoms with Crippen LogP contribution >= 0.6 is 0 Å². The maximum Gasteiger partial charge on any atom is 0.318 e. The lowest BCUT2D eigenvalue weighted by atomic mass is 10.1. The van der Waals surface area contributed by atoms with Crippen LogP contribution in [0.1, 0.15) is 30.3 Å². The molecule has 1 atom stereocenters. The van der Waals surface area contributed by atoms with Gasteiger partial charge >= 0.3 is 6.03 Å². The molecule has 22 heavy (non-hydrogen) atoms. The topological polar surface area (TPSA) is 73.9 Å². The first-order valence-corrected chi connectivity index (χ1v) is 7.38. The summed E-state index contributed by atoms with van der Waals surface area (Å²) in [6.07, 6.45) is 3.97. The summed E-state index contributed by atoms with van der Waals surface area (Å²) in [6, 6.07) is 6.19. The number of nitrogens with zero attached hydrogens (tertiary/aromatic N) is 3. The summed E-state index contributed by atoms with van der Waals surface area (Å²) in [4.78, 5) is 18.2. The normalized spacial score (nSPS) is 17.7. The molecule has 2 heterocycles. The molecule has 7 heteroatoms. The standard InChI is InChI=1S/C15H18FN5O/c16-12-5-3-11(4-6-12)7-8-17-15(22)21-9-1-2-13(21)14-18-10-19-20-14/h3-6,10,13H,1-2,7-9H2,(H,17,22)(H,18,19,20)/t13-/m1/s1. The first kappa shape index (κ1) is 14.5. The van der Waals surface area contributed by atoms with E-state index in [1.807, 2.05) is 0 Å². The van der Waals surface area contributed by atoms with Crippen LogP contribution < -0.4 is 5.32 Å². The molecule has 0 spiro atoms. The molecule has 3 rings (SSSR count). The third-order valence-corrected chi connectivity index (χ3v) is 3.87. The quantitative estimate of drug-likeness (QED) is 0.907. The number of aromatic nitrogens is 3. The molecule has 0 radical (unpaired) electrons. The number of amides is 2. The Hall–Kier alpha value is -2.44. The summed E-state index contributed by atoms with van der Waals surface area (Å²) in [7, 11) is 0. The van der Waals surface area contributed by atoms with Gasteiger partial charge in [-0.1, -0.05) is 12.1 Å². The number of carbonyl (C=O) groups is 1. The predicted octanol–water partition coefficient (Wildman–Crippen LogP) is 2.03. The Kier molecular flexibility index (Phi) is 4.32. The van der Waals surface area contributed by atoms with Crippen LogP contribution in [-0.2, 0) is 6.42 Å². The summed E-state index contributed by atoms with van der Waals surface area (Å²) < 4.78 is 12.8. The highest BCUT2D eigenvalue weighted by molar-refractivity contribution is 5.74. The van der Waals surface area contributed by atoms with E-state index >= 15 is 0 Å². The molecule has 0 bridgehead atoms. The van der Waals surface area contributed by atoms with Crippen LogP contribution in [0.3, 0.4) is 0 Å². The number of carbonyl (C=O) groups excluding carboxylic acids is 1. The zero-order chi connectivity index (χ0) is 15.4. The second kappa shape index (κ2) is 6.55. The molecular formula is C15H18FN5O. The fraction of sp³-hybridized carbons (Fsp3) is 0.400. The highest BCUT2D eigenvalue weighted by Gasteiger charge is 2.31. The number of hydrogen-bond donors (Lipinski definition) is 2. The average molecular weight is 303 g/mol. The molecule has 0 saturated carbocycles. The molecule has 1 aromatic carbocycles. The molecule has 1 aliphatic rings. The van der Waals surface area contributed by atoms with E-state index in [0.29, 0.717) is 19.5 Å². The summed E-state index contributed by atoms with van der Waals surface area (Å²) in [5.74, 6) is 0.478. The van der Waals surface area contributed by atoms with Crippen molar-refractivity contribution in [1.29, 1.82) is 0 Å². The number of likely N-dealkylation sites (tertiary alicyclic amines) is 1. The number of benzene rings is 1. The number of H-pyrrole nitrogens is 1. The summed E-state index contributed by atoms with van der Waals surface area (Å²) in [6.45, 7) is 1.23.